The molecule has 0 aliphatic rings. The number of aryl methyl sites for hydroxylation is 2. The second kappa shape index (κ2) is 12.0. The Kier molecular flexibility index (Phi) is 8.99. The molecule has 0 unspecified atom stereocenters. The van der Waals surface area contributed by atoms with Crippen LogP contribution in [0.1, 0.15) is 42.1 Å². The molecule has 188 valence electrons. The summed E-state index contributed by atoms with van der Waals surface area (Å²) in [5, 5.41) is 17.7. The zero-order valence-corrected chi connectivity index (χ0v) is 22.0. The van der Waals surface area contributed by atoms with Gasteiger partial charge in [-0.15, -0.1) is 0 Å². The van der Waals surface area contributed by atoms with E-state index in [9.17, 15) is 13.2 Å². The zero-order chi connectivity index (χ0) is 26.3. The first-order chi connectivity index (χ1) is 17.3. The molecule has 1 aromatic heterocycles. The summed E-state index contributed by atoms with van der Waals surface area (Å²) in [5.41, 5.74) is 2.20. The molecule has 2 aromatic carbocycles. The molecule has 0 aliphatic heterocycles. The zero-order valence-electron chi connectivity index (χ0n) is 20.4. The van der Waals surface area contributed by atoms with Gasteiger partial charge in [-0.05, 0) is 49.2 Å². The first kappa shape index (κ1) is 27.1. The number of ether oxygens (including phenoxy) is 1. The number of amides is 1. The minimum absolute atomic E-state index is 0.0111. The Bertz CT molecular complexity index is 1490. The monoisotopic (exact) mass is 525 g/mol. The fourth-order valence-electron chi connectivity index (χ4n) is 3.73. The smallest absolute Gasteiger partial charge is 0.279 e. The summed E-state index contributed by atoms with van der Waals surface area (Å²) < 4.78 is 35.6. The third-order valence-electron chi connectivity index (χ3n) is 5.53. The maximum absolute atomic E-state index is 13.0. The summed E-state index contributed by atoms with van der Waals surface area (Å²) in [4.78, 5) is 17.9. The Morgan fingerprint density at radius 3 is 2.31 bits per heavy atom. The Morgan fingerprint density at radius 1 is 1.11 bits per heavy atom. The molecule has 36 heavy (non-hydrogen) atoms. The van der Waals surface area contributed by atoms with Crippen LogP contribution in [0.25, 0.3) is 10.2 Å². The predicted molar refractivity (Wildman–Crippen MR) is 137 cm³/mol. The van der Waals surface area contributed by atoms with Gasteiger partial charge in [0.25, 0.3) is 5.91 Å². The average molecular weight is 526 g/mol. The second-order valence-corrected chi connectivity index (χ2v) is 10.9. The van der Waals surface area contributed by atoms with Crippen LogP contribution in [0.5, 0.6) is 5.75 Å². The standard InChI is InChI=1S/C25H27N5O4S2/c1-4-15-30-22-21(34-3)12-7-18(2)23(22)35-25(30)28-24(31)19-8-10-20(11-9-19)36(32,33)29(16-5-13-26)17-6-14-27/h7-12H,4-6,15-17H2,1-3H3. The van der Waals surface area contributed by atoms with Crippen molar-refractivity contribution in [2.24, 2.45) is 4.99 Å². The topological polar surface area (TPSA) is 129 Å². The number of carbonyl (C=O) groups excluding carboxylic acids is 1. The molecule has 0 saturated heterocycles. The number of rotatable bonds is 10. The summed E-state index contributed by atoms with van der Waals surface area (Å²) in [6.07, 6.45) is 0.861. The highest BCUT2D eigenvalue weighted by Crippen LogP contribution is 2.30. The van der Waals surface area contributed by atoms with Gasteiger partial charge in [-0.25, -0.2) is 8.42 Å². The highest BCUT2D eigenvalue weighted by atomic mass is 32.2. The molecule has 9 nitrogen and oxygen atoms in total. The number of nitriles is 2. The molecule has 0 radical (unpaired) electrons. The first-order valence-electron chi connectivity index (χ1n) is 11.4. The molecule has 0 atom stereocenters. The quantitative estimate of drug-likeness (QED) is 0.394. The Labute approximate surface area is 214 Å². The van der Waals surface area contributed by atoms with Crippen LogP contribution < -0.4 is 9.54 Å². The van der Waals surface area contributed by atoms with Crippen molar-refractivity contribution in [2.45, 2.75) is 44.6 Å². The van der Waals surface area contributed by atoms with Crippen molar-refractivity contribution in [3.05, 3.63) is 52.3 Å². The summed E-state index contributed by atoms with van der Waals surface area (Å²) in [6.45, 7) is 4.67. The number of hydrogen-bond acceptors (Lipinski definition) is 7. The molecule has 3 aromatic rings. The maximum atomic E-state index is 13.0. The van der Waals surface area contributed by atoms with Gasteiger partial charge < -0.3 is 9.30 Å². The van der Waals surface area contributed by atoms with Crippen molar-refractivity contribution in [3.63, 3.8) is 0 Å². The molecule has 0 N–H and O–H groups in total. The van der Waals surface area contributed by atoms with Gasteiger partial charge >= 0.3 is 0 Å². The van der Waals surface area contributed by atoms with Crippen molar-refractivity contribution in [2.75, 3.05) is 20.2 Å². The van der Waals surface area contributed by atoms with Crippen LogP contribution in [-0.4, -0.2) is 43.4 Å². The fraction of sp³-hybridized carbons (Fsp3) is 0.360. The molecular formula is C25H27N5O4S2. The number of thiazole rings is 1. The average Bonchev–Trinajstić information content (AvgIpc) is 3.23. The van der Waals surface area contributed by atoms with Crippen LogP contribution in [0.3, 0.4) is 0 Å². The number of benzene rings is 2. The lowest BCUT2D eigenvalue weighted by Gasteiger charge is -2.20. The van der Waals surface area contributed by atoms with E-state index < -0.39 is 15.9 Å². The van der Waals surface area contributed by atoms with Crippen LogP contribution in [0, 0.1) is 29.6 Å². The summed E-state index contributed by atoms with van der Waals surface area (Å²) in [7, 11) is -2.31. The number of carbonyl (C=O) groups is 1. The minimum atomic E-state index is -3.92. The van der Waals surface area contributed by atoms with Gasteiger partial charge in [0.2, 0.25) is 10.0 Å². The Balaban J connectivity index is 1.98. The van der Waals surface area contributed by atoms with Crippen LogP contribution in [0.4, 0.5) is 0 Å². The van der Waals surface area contributed by atoms with Gasteiger partial charge in [0.1, 0.15) is 11.3 Å². The molecule has 1 amide bonds. The van der Waals surface area contributed by atoms with Crippen LogP contribution >= 0.6 is 11.3 Å². The molecule has 0 bridgehead atoms. The van der Waals surface area contributed by atoms with E-state index >= 15 is 0 Å². The van der Waals surface area contributed by atoms with E-state index in [4.69, 9.17) is 15.3 Å². The van der Waals surface area contributed by atoms with Crippen LogP contribution in [-0.2, 0) is 16.6 Å². The molecule has 0 spiro atoms. The van der Waals surface area contributed by atoms with Crippen LogP contribution in [0.2, 0.25) is 0 Å². The van der Waals surface area contributed by atoms with Crippen molar-refractivity contribution in [3.8, 4) is 17.9 Å². The molecule has 3 rings (SSSR count). The number of hydrogen-bond donors (Lipinski definition) is 0. The number of fused-ring (bicyclic) bond motifs is 1. The fourth-order valence-corrected chi connectivity index (χ4v) is 6.31. The van der Waals surface area contributed by atoms with E-state index in [1.807, 2.05) is 42.7 Å². The largest absolute Gasteiger partial charge is 0.495 e. The lowest BCUT2D eigenvalue weighted by Crippen LogP contribution is -2.32. The molecule has 0 fully saturated rings. The third kappa shape index (κ3) is 5.65. The van der Waals surface area contributed by atoms with E-state index in [0.717, 1.165) is 26.5 Å². The van der Waals surface area contributed by atoms with Gasteiger partial charge in [-0.2, -0.15) is 19.8 Å². The van der Waals surface area contributed by atoms with Gasteiger partial charge in [-0.1, -0.05) is 24.3 Å². The molecule has 0 aliphatic carbocycles. The number of methoxy groups -OCH3 is 1. The van der Waals surface area contributed by atoms with Crippen molar-refractivity contribution < 1.29 is 17.9 Å². The molecular weight excluding hydrogens is 498 g/mol. The SMILES string of the molecule is CCCn1c(=NC(=O)c2ccc(S(=O)(=O)N(CCC#N)CCC#N)cc2)sc2c(C)ccc(OC)c21. The minimum Gasteiger partial charge on any atom is -0.495 e. The van der Waals surface area contributed by atoms with Gasteiger partial charge in [-0.3, -0.25) is 4.79 Å². The van der Waals surface area contributed by atoms with Crippen molar-refractivity contribution in [1.29, 1.82) is 10.5 Å². The van der Waals surface area contributed by atoms with Gasteiger partial charge in [0.05, 0.1) is 28.8 Å². The van der Waals surface area contributed by atoms with Crippen LogP contribution in [0.15, 0.2) is 46.3 Å². The summed E-state index contributed by atoms with van der Waals surface area (Å²) >= 11 is 1.41. The number of nitrogens with zero attached hydrogens (tertiary/aromatic N) is 5. The van der Waals surface area contributed by atoms with E-state index in [1.54, 1.807) is 7.11 Å². The molecule has 11 heteroatoms. The summed E-state index contributed by atoms with van der Waals surface area (Å²) in [5.74, 6) is 0.221. The summed E-state index contributed by atoms with van der Waals surface area (Å²) in [6, 6.07) is 13.3. The van der Waals surface area contributed by atoms with E-state index in [-0.39, 0.29) is 36.4 Å². The number of aromatic nitrogens is 1. The number of sulfonamides is 1. The maximum Gasteiger partial charge on any atom is 0.279 e. The first-order valence-corrected chi connectivity index (χ1v) is 13.6. The lowest BCUT2D eigenvalue weighted by atomic mass is 10.2. The Hall–Kier alpha value is -3.51. The second-order valence-electron chi connectivity index (χ2n) is 7.96. The van der Waals surface area contributed by atoms with E-state index in [1.165, 1.54) is 35.6 Å². The predicted octanol–water partition coefficient (Wildman–Crippen LogP) is 3.99. The highest BCUT2D eigenvalue weighted by Gasteiger charge is 2.24. The van der Waals surface area contributed by atoms with Crippen molar-refractivity contribution >= 4 is 37.5 Å². The van der Waals surface area contributed by atoms with Gasteiger partial charge in [0.15, 0.2) is 4.80 Å². The van der Waals surface area contributed by atoms with E-state index in [0.29, 0.717) is 17.1 Å². The molecule has 0 saturated carbocycles. The van der Waals surface area contributed by atoms with Crippen molar-refractivity contribution in [1.82, 2.24) is 8.87 Å². The van der Waals surface area contributed by atoms with E-state index in [2.05, 4.69) is 4.99 Å². The normalized spacial score (nSPS) is 12.0. The Morgan fingerprint density at radius 2 is 1.75 bits per heavy atom. The highest BCUT2D eigenvalue weighted by molar-refractivity contribution is 7.89. The molecule has 1 heterocycles. The lowest BCUT2D eigenvalue weighted by molar-refractivity contribution is 0.0997. The third-order valence-corrected chi connectivity index (χ3v) is 8.66. The van der Waals surface area contributed by atoms with Gasteiger partial charge in [0, 0.05) is 38.0 Å².